The predicted molar refractivity (Wildman–Crippen MR) is 91.7 cm³/mol. The van der Waals surface area contributed by atoms with Gasteiger partial charge in [0, 0.05) is 12.5 Å². The van der Waals surface area contributed by atoms with Gasteiger partial charge >= 0.3 is 0 Å². The number of anilines is 1. The van der Waals surface area contributed by atoms with E-state index in [0.29, 0.717) is 18.8 Å². The van der Waals surface area contributed by atoms with E-state index in [9.17, 15) is 4.79 Å². The monoisotopic (exact) mass is 310 g/mol. The van der Waals surface area contributed by atoms with Crippen LogP contribution in [0.5, 0.6) is 5.75 Å². The highest BCUT2D eigenvalue weighted by molar-refractivity contribution is 5.92. The summed E-state index contributed by atoms with van der Waals surface area (Å²) in [4.78, 5) is 12.4. The van der Waals surface area contributed by atoms with Crippen molar-refractivity contribution in [1.29, 1.82) is 0 Å². The number of nitrogens with one attached hydrogen (secondary N) is 2. The summed E-state index contributed by atoms with van der Waals surface area (Å²) in [5.41, 5.74) is 3.29. The zero-order valence-corrected chi connectivity index (χ0v) is 13.3. The van der Waals surface area contributed by atoms with Crippen LogP contribution in [0.3, 0.4) is 0 Å². The van der Waals surface area contributed by atoms with Gasteiger partial charge in [-0.2, -0.15) is 0 Å². The lowest BCUT2D eigenvalue weighted by Crippen LogP contribution is -2.32. The fraction of sp³-hybridized carbons (Fsp3) is 0.316. The summed E-state index contributed by atoms with van der Waals surface area (Å²) in [6.45, 7) is 3.41. The summed E-state index contributed by atoms with van der Waals surface area (Å²) in [7, 11) is 0. The number of amides is 1. The highest BCUT2D eigenvalue weighted by Gasteiger charge is 2.22. The van der Waals surface area contributed by atoms with Crippen LogP contribution in [-0.4, -0.2) is 19.1 Å². The molecule has 0 saturated heterocycles. The lowest BCUT2D eigenvalue weighted by molar-refractivity contribution is -0.116. The minimum absolute atomic E-state index is 0.00800. The second kappa shape index (κ2) is 7.29. The van der Waals surface area contributed by atoms with Crippen LogP contribution in [0.25, 0.3) is 0 Å². The Morgan fingerprint density at radius 1 is 1.22 bits per heavy atom. The van der Waals surface area contributed by atoms with E-state index in [2.05, 4.69) is 28.8 Å². The molecule has 0 fully saturated rings. The van der Waals surface area contributed by atoms with Gasteiger partial charge in [-0.15, -0.1) is 0 Å². The lowest BCUT2D eigenvalue weighted by atomic mass is 9.92. The molecule has 2 N–H and O–H groups in total. The van der Waals surface area contributed by atoms with E-state index in [4.69, 9.17) is 4.74 Å². The number of para-hydroxylation sites is 2. The average molecular weight is 310 g/mol. The Labute approximate surface area is 136 Å². The van der Waals surface area contributed by atoms with Crippen molar-refractivity contribution in [3.63, 3.8) is 0 Å². The van der Waals surface area contributed by atoms with Crippen molar-refractivity contribution in [2.24, 2.45) is 0 Å². The van der Waals surface area contributed by atoms with Crippen molar-refractivity contribution < 1.29 is 9.53 Å². The largest absolute Gasteiger partial charge is 0.492 e. The number of ether oxygens (including phenoxy) is 1. The van der Waals surface area contributed by atoms with Gasteiger partial charge in [-0.05, 0) is 43.1 Å². The fourth-order valence-corrected chi connectivity index (χ4v) is 3.01. The fourth-order valence-electron chi connectivity index (χ4n) is 3.01. The number of carbonyl (C=O) groups is 1. The van der Waals surface area contributed by atoms with Crippen LogP contribution < -0.4 is 15.4 Å². The molecule has 1 heterocycles. The second-order valence-corrected chi connectivity index (χ2v) is 5.64. The van der Waals surface area contributed by atoms with Gasteiger partial charge in [0.1, 0.15) is 5.75 Å². The first kappa shape index (κ1) is 15.6. The molecule has 120 valence electrons. The van der Waals surface area contributed by atoms with Crippen molar-refractivity contribution in [1.82, 2.24) is 5.32 Å². The highest BCUT2D eigenvalue weighted by atomic mass is 16.5. The zero-order valence-electron chi connectivity index (χ0n) is 13.3. The predicted octanol–water partition coefficient (Wildman–Crippen LogP) is 3.30. The van der Waals surface area contributed by atoms with Gasteiger partial charge in [-0.25, -0.2) is 0 Å². The Hall–Kier alpha value is -2.33. The molecule has 2 aromatic rings. The standard InChI is InChI=1S/C19H22N2O2/c1-2-23-18-10-6-5-9-16(18)21-19(22)13-17-15-8-4-3-7-14(15)11-12-20-17/h3-10,17,20H,2,11-13H2,1H3,(H,21,22). The van der Waals surface area contributed by atoms with E-state index in [1.165, 1.54) is 11.1 Å². The summed E-state index contributed by atoms with van der Waals surface area (Å²) < 4.78 is 5.55. The maximum atomic E-state index is 12.4. The van der Waals surface area contributed by atoms with Gasteiger partial charge in [0.25, 0.3) is 0 Å². The summed E-state index contributed by atoms with van der Waals surface area (Å²) in [5.74, 6) is 0.701. The van der Waals surface area contributed by atoms with Crippen molar-refractivity contribution in [2.45, 2.75) is 25.8 Å². The molecular weight excluding hydrogens is 288 g/mol. The summed E-state index contributed by atoms with van der Waals surface area (Å²) in [5, 5.41) is 6.41. The Morgan fingerprint density at radius 3 is 2.87 bits per heavy atom. The van der Waals surface area contributed by atoms with Gasteiger partial charge in [0.2, 0.25) is 5.91 Å². The van der Waals surface area contributed by atoms with Crippen LogP contribution in [0.4, 0.5) is 5.69 Å². The average Bonchev–Trinajstić information content (AvgIpc) is 2.57. The number of rotatable bonds is 5. The number of hydrogen-bond donors (Lipinski definition) is 2. The molecule has 0 saturated carbocycles. The molecule has 4 nitrogen and oxygen atoms in total. The molecule has 0 bridgehead atoms. The van der Waals surface area contributed by atoms with Crippen molar-refractivity contribution in [3.8, 4) is 5.75 Å². The van der Waals surface area contributed by atoms with E-state index < -0.39 is 0 Å². The molecule has 1 aliphatic rings. The molecule has 0 aromatic heterocycles. The first-order valence-electron chi connectivity index (χ1n) is 8.10. The van der Waals surface area contributed by atoms with Crippen LogP contribution in [0.1, 0.15) is 30.5 Å². The van der Waals surface area contributed by atoms with Crippen LogP contribution >= 0.6 is 0 Å². The molecule has 3 rings (SSSR count). The van der Waals surface area contributed by atoms with Gasteiger partial charge in [0.05, 0.1) is 12.3 Å². The molecule has 23 heavy (non-hydrogen) atoms. The highest BCUT2D eigenvalue weighted by Crippen LogP contribution is 2.27. The molecule has 0 radical (unpaired) electrons. The minimum atomic E-state index is -0.00800. The van der Waals surface area contributed by atoms with Gasteiger partial charge < -0.3 is 15.4 Å². The maximum Gasteiger partial charge on any atom is 0.226 e. The quantitative estimate of drug-likeness (QED) is 0.891. The van der Waals surface area contributed by atoms with E-state index >= 15 is 0 Å². The number of carbonyl (C=O) groups excluding carboxylic acids is 1. The minimum Gasteiger partial charge on any atom is -0.492 e. The molecule has 4 heteroatoms. The molecule has 1 atom stereocenters. The Kier molecular flexibility index (Phi) is 4.93. The molecule has 1 aliphatic heterocycles. The second-order valence-electron chi connectivity index (χ2n) is 5.64. The lowest BCUT2D eigenvalue weighted by Gasteiger charge is -2.26. The first-order valence-corrected chi connectivity index (χ1v) is 8.10. The van der Waals surface area contributed by atoms with E-state index in [0.717, 1.165) is 18.7 Å². The Bertz CT molecular complexity index is 685. The third kappa shape index (κ3) is 3.71. The molecule has 0 spiro atoms. The van der Waals surface area contributed by atoms with Crippen LogP contribution in [0.15, 0.2) is 48.5 Å². The van der Waals surface area contributed by atoms with Gasteiger partial charge in [-0.3, -0.25) is 4.79 Å². The summed E-state index contributed by atoms with van der Waals surface area (Å²) in [6, 6.07) is 15.9. The van der Waals surface area contributed by atoms with Gasteiger partial charge in [-0.1, -0.05) is 36.4 Å². The third-order valence-corrected chi connectivity index (χ3v) is 4.07. The maximum absolute atomic E-state index is 12.4. The van der Waals surface area contributed by atoms with Crippen molar-refractivity contribution in [2.75, 3.05) is 18.5 Å². The Balaban J connectivity index is 1.69. The molecule has 1 amide bonds. The van der Waals surface area contributed by atoms with Crippen molar-refractivity contribution in [3.05, 3.63) is 59.7 Å². The molecule has 2 aromatic carbocycles. The molecule has 0 aliphatic carbocycles. The number of benzene rings is 2. The smallest absolute Gasteiger partial charge is 0.226 e. The van der Waals surface area contributed by atoms with Gasteiger partial charge in [0.15, 0.2) is 0 Å². The van der Waals surface area contributed by atoms with Crippen LogP contribution in [-0.2, 0) is 11.2 Å². The zero-order chi connectivity index (χ0) is 16.1. The normalized spacial score (nSPS) is 16.5. The number of hydrogen-bond acceptors (Lipinski definition) is 3. The van der Waals surface area contributed by atoms with Crippen LogP contribution in [0.2, 0.25) is 0 Å². The molecule has 1 unspecified atom stereocenters. The SMILES string of the molecule is CCOc1ccccc1NC(=O)CC1NCCc2ccccc21. The summed E-state index contributed by atoms with van der Waals surface area (Å²) >= 11 is 0. The van der Waals surface area contributed by atoms with Crippen molar-refractivity contribution >= 4 is 11.6 Å². The van der Waals surface area contributed by atoms with E-state index in [1.807, 2.05) is 37.3 Å². The third-order valence-electron chi connectivity index (χ3n) is 4.07. The topological polar surface area (TPSA) is 50.4 Å². The number of fused-ring (bicyclic) bond motifs is 1. The molecular formula is C19H22N2O2. The van der Waals surface area contributed by atoms with E-state index in [-0.39, 0.29) is 11.9 Å². The Morgan fingerprint density at radius 2 is 2.00 bits per heavy atom. The van der Waals surface area contributed by atoms with Crippen LogP contribution in [0, 0.1) is 0 Å². The van der Waals surface area contributed by atoms with E-state index in [1.54, 1.807) is 0 Å². The summed E-state index contributed by atoms with van der Waals surface area (Å²) in [6.07, 6.45) is 1.43. The first-order chi connectivity index (χ1) is 11.3.